The van der Waals surface area contributed by atoms with E-state index in [0.29, 0.717) is 13.0 Å². The Morgan fingerprint density at radius 3 is 2.62 bits per heavy atom. The van der Waals surface area contributed by atoms with Crippen LogP contribution in [0.25, 0.3) is 0 Å². The van der Waals surface area contributed by atoms with Gasteiger partial charge in [0.25, 0.3) is 0 Å². The van der Waals surface area contributed by atoms with Crippen molar-refractivity contribution in [1.29, 1.82) is 0 Å². The molecule has 0 fully saturated rings. The van der Waals surface area contributed by atoms with Crippen molar-refractivity contribution >= 4 is 17.1 Å². The summed E-state index contributed by atoms with van der Waals surface area (Å²) in [7, 11) is 0. The number of rotatable bonds is 7. The summed E-state index contributed by atoms with van der Waals surface area (Å²) in [6.45, 7) is 2.39. The van der Waals surface area contributed by atoms with E-state index < -0.39 is 6.10 Å². The molecule has 112 valence electrons. The Labute approximate surface area is 128 Å². The van der Waals surface area contributed by atoms with Crippen LogP contribution in [-0.2, 0) is 0 Å². The van der Waals surface area contributed by atoms with Gasteiger partial charge in [-0.2, -0.15) is 11.3 Å². The molecule has 0 saturated heterocycles. The molecule has 0 spiro atoms. The fourth-order valence-corrected chi connectivity index (χ4v) is 2.71. The lowest BCUT2D eigenvalue weighted by Gasteiger charge is -2.20. The van der Waals surface area contributed by atoms with E-state index in [4.69, 9.17) is 0 Å². The molecule has 3 N–H and O–H groups in total. The molecule has 1 aromatic carbocycles. The van der Waals surface area contributed by atoms with Crippen LogP contribution in [0.3, 0.4) is 0 Å². The van der Waals surface area contributed by atoms with Crippen LogP contribution < -0.4 is 5.32 Å². The van der Waals surface area contributed by atoms with E-state index in [2.05, 4.69) is 5.32 Å². The standard InChI is InChI=1S/C16H19NO3S/c1-11(16(20)12-2-4-14(18)5-3-12)17-8-6-15(19)13-7-9-21-10-13/h2-5,7,9-11,16-18,20H,6,8H2,1H3. The van der Waals surface area contributed by atoms with Crippen molar-refractivity contribution in [3.8, 4) is 5.75 Å². The summed E-state index contributed by atoms with van der Waals surface area (Å²) in [4.78, 5) is 11.8. The molecule has 2 aromatic rings. The maximum Gasteiger partial charge on any atom is 0.164 e. The monoisotopic (exact) mass is 305 g/mol. The highest BCUT2D eigenvalue weighted by molar-refractivity contribution is 7.08. The molecule has 5 heteroatoms. The number of carbonyl (C=O) groups is 1. The number of aliphatic hydroxyl groups excluding tert-OH is 1. The zero-order chi connectivity index (χ0) is 15.2. The van der Waals surface area contributed by atoms with Gasteiger partial charge < -0.3 is 15.5 Å². The first-order valence-corrected chi connectivity index (χ1v) is 7.78. The van der Waals surface area contributed by atoms with Crippen molar-refractivity contribution in [2.45, 2.75) is 25.5 Å². The molecule has 0 radical (unpaired) electrons. The number of phenolic OH excluding ortho intramolecular Hbond substituents is 1. The lowest BCUT2D eigenvalue weighted by atomic mass is 10.0. The van der Waals surface area contributed by atoms with Crippen LogP contribution >= 0.6 is 11.3 Å². The summed E-state index contributed by atoms with van der Waals surface area (Å²) < 4.78 is 0. The van der Waals surface area contributed by atoms with E-state index in [1.54, 1.807) is 24.3 Å². The minimum absolute atomic E-state index is 0.107. The molecular weight excluding hydrogens is 286 g/mol. The highest BCUT2D eigenvalue weighted by Gasteiger charge is 2.16. The van der Waals surface area contributed by atoms with E-state index in [0.717, 1.165) is 11.1 Å². The van der Waals surface area contributed by atoms with Gasteiger partial charge in [0.05, 0.1) is 6.10 Å². The molecule has 0 aliphatic rings. The van der Waals surface area contributed by atoms with Crippen LogP contribution in [0.4, 0.5) is 0 Å². The number of carbonyl (C=O) groups excluding carboxylic acids is 1. The minimum atomic E-state index is -0.679. The highest BCUT2D eigenvalue weighted by atomic mass is 32.1. The van der Waals surface area contributed by atoms with Gasteiger partial charge in [-0.05, 0) is 36.1 Å². The molecule has 2 unspecified atom stereocenters. The second kappa shape index (κ2) is 7.36. The molecule has 2 atom stereocenters. The molecule has 1 aromatic heterocycles. The summed E-state index contributed by atoms with van der Waals surface area (Å²) in [6.07, 6.45) is -0.273. The first kappa shape index (κ1) is 15.7. The Morgan fingerprint density at radius 1 is 1.29 bits per heavy atom. The summed E-state index contributed by atoms with van der Waals surface area (Å²) in [6, 6.07) is 8.12. The molecule has 0 amide bonds. The van der Waals surface area contributed by atoms with Crippen molar-refractivity contribution < 1.29 is 15.0 Å². The van der Waals surface area contributed by atoms with E-state index in [-0.39, 0.29) is 17.6 Å². The minimum Gasteiger partial charge on any atom is -0.508 e. The molecule has 0 aliphatic carbocycles. The molecule has 0 saturated carbocycles. The number of benzene rings is 1. The van der Waals surface area contributed by atoms with Crippen molar-refractivity contribution in [1.82, 2.24) is 5.32 Å². The number of nitrogens with one attached hydrogen (secondary N) is 1. The Morgan fingerprint density at radius 2 is 2.00 bits per heavy atom. The second-order valence-corrected chi connectivity index (χ2v) is 5.74. The smallest absolute Gasteiger partial charge is 0.164 e. The van der Waals surface area contributed by atoms with Crippen LogP contribution in [0.1, 0.15) is 35.4 Å². The maximum absolute atomic E-state index is 11.8. The Kier molecular flexibility index (Phi) is 5.50. The molecule has 1 heterocycles. The molecule has 21 heavy (non-hydrogen) atoms. The fraction of sp³-hybridized carbons (Fsp3) is 0.312. The molecular formula is C16H19NO3S. The Balaban J connectivity index is 1.80. The van der Waals surface area contributed by atoms with Crippen LogP contribution in [0.5, 0.6) is 5.75 Å². The van der Waals surface area contributed by atoms with Crippen LogP contribution in [0.15, 0.2) is 41.1 Å². The van der Waals surface area contributed by atoms with E-state index in [1.165, 1.54) is 11.3 Å². The number of thiophene rings is 1. The predicted octanol–water partition coefficient (Wildman–Crippen LogP) is 2.74. The SMILES string of the molecule is CC(NCCC(=O)c1ccsc1)C(O)c1ccc(O)cc1. The average molecular weight is 305 g/mol. The van der Waals surface area contributed by atoms with Crippen molar-refractivity contribution in [2.75, 3.05) is 6.54 Å². The van der Waals surface area contributed by atoms with Gasteiger partial charge in [-0.1, -0.05) is 12.1 Å². The van der Waals surface area contributed by atoms with Crippen molar-refractivity contribution in [2.24, 2.45) is 0 Å². The Hall–Kier alpha value is -1.69. The summed E-state index contributed by atoms with van der Waals surface area (Å²) in [5.41, 5.74) is 1.48. The van der Waals surface area contributed by atoms with Crippen LogP contribution in [0.2, 0.25) is 0 Å². The van der Waals surface area contributed by atoms with Gasteiger partial charge in [-0.25, -0.2) is 0 Å². The summed E-state index contributed by atoms with van der Waals surface area (Å²) in [5.74, 6) is 0.281. The quantitative estimate of drug-likeness (QED) is 0.688. The van der Waals surface area contributed by atoms with Gasteiger partial charge in [0.1, 0.15) is 5.75 Å². The van der Waals surface area contributed by atoms with Gasteiger partial charge in [-0.3, -0.25) is 4.79 Å². The number of hydrogen-bond donors (Lipinski definition) is 3. The number of hydrogen-bond acceptors (Lipinski definition) is 5. The summed E-state index contributed by atoms with van der Waals surface area (Å²) >= 11 is 1.51. The van der Waals surface area contributed by atoms with E-state index >= 15 is 0 Å². The van der Waals surface area contributed by atoms with E-state index in [1.807, 2.05) is 23.8 Å². The third-order valence-electron chi connectivity index (χ3n) is 3.37. The topological polar surface area (TPSA) is 69.6 Å². The van der Waals surface area contributed by atoms with Crippen molar-refractivity contribution in [3.63, 3.8) is 0 Å². The second-order valence-electron chi connectivity index (χ2n) is 4.96. The highest BCUT2D eigenvalue weighted by Crippen LogP contribution is 2.19. The lowest BCUT2D eigenvalue weighted by Crippen LogP contribution is -2.33. The van der Waals surface area contributed by atoms with E-state index in [9.17, 15) is 15.0 Å². The fourth-order valence-electron chi connectivity index (χ4n) is 2.05. The lowest BCUT2D eigenvalue weighted by molar-refractivity contribution is 0.0972. The number of phenols is 1. The average Bonchev–Trinajstić information content (AvgIpc) is 3.01. The maximum atomic E-state index is 11.8. The zero-order valence-corrected chi connectivity index (χ0v) is 12.6. The molecule has 4 nitrogen and oxygen atoms in total. The van der Waals surface area contributed by atoms with Crippen LogP contribution in [-0.4, -0.2) is 28.6 Å². The third kappa shape index (κ3) is 4.39. The molecule has 0 bridgehead atoms. The van der Waals surface area contributed by atoms with Gasteiger partial charge in [0, 0.05) is 30.0 Å². The van der Waals surface area contributed by atoms with Gasteiger partial charge in [0.15, 0.2) is 5.78 Å². The number of ketones is 1. The number of aliphatic hydroxyl groups is 1. The molecule has 2 rings (SSSR count). The zero-order valence-electron chi connectivity index (χ0n) is 11.8. The van der Waals surface area contributed by atoms with Gasteiger partial charge in [-0.15, -0.1) is 0 Å². The first-order chi connectivity index (χ1) is 10.1. The number of Topliss-reactive ketones (excluding diaryl/α,β-unsaturated/α-hetero) is 1. The Bertz CT molecular complexity index is 566. The predicted molar refractivity (Wildman–Crippen MR) is 83.8 cm³/mol. The van der Waals surface area contributed by atoms with Crippen molar-refractivity contribution in [3.05, 3.63) is 52.2 Å². The van der Waals surface area contributed by atoms with Crippen LogP contribution in [0, 0.1) is 0 Å². The van der Waals surface area contributed by atoms with Gasteiger partial charge >= 0.3 is 0 Å². The normalized spacial score (nSPS) is 13.8. The van der Waals surface area contributed by atoms with Gasteiger partial charge in [0.2, 0.25) is 0 Å². The number of aromatic hydroxyl groups is 1. The largest absolute Gasteiger partial charge is 0.508 e. The first-order valence-electron chi connectivity index (χ1n) is 6.83. The third-order valence-corrected chi connectivity index (χ3v) is 4.05. The molecule has 0 aliphatic heterocycles. The summed E-state index contributed by atoms with van der Waals surface area (Å²) in [5, 5.41) is 26.3.